The van der Waals surface area contributed by atoms with Crippen molar-refractivity contribution in [2.75, 3.05) is 5.73 Å². The SMILES string of the molecule is Cc1ccc(C2=C(c3ccc(SC(F)(F)P)cc3)CCCc3cc(N)ccc32)cc1. The van der Waals surface area contributed by atoms with E-state index >= 15 is 0 Å². The van der Waals surface area contributed by atoms with Gasteiger partial charge in [-0.1, -0.05) is 48.0 Å². The fraction of sp³-hybridized carbons (Fsp3) is 0.200. The van der Waals surface area contributed by atoms with Crippen molar-refractivity contribution in [3.05, 3.63) is 94.5 Å². The number of nitrogens with two attached hydrogens (primary N) is 1. The average Bonchev–Trinajstić information content (AvgIpc) is 2.87. The minimum Gasteiger partial charge on any atom is -0.399 e. The van der Waals surface area contributed by atoms with E-state index in [1.54, 1.807) is 21.4 Å². The predicted octanol–water partition coefficient (Wildman–Crippen LogP) is 7.39. The molecule has 30 heavy (non-hydrogen) atoms. The second kappa shape index (κ2) is 8.53. The van der Waals surface area contributed by atoms with Crippen LogP contribution in [-0.2, 0) is 6.42 Å². The molecule has 5 heteroatoms. The molecule has 0 radical (unpaired) electrons. The summed E-state index contributed by atoms with van der Waals surface area (Å²) in [7, 11) is 1.58. The summed E-state index contributed by atoms with van der Waals surface area (Å²) < 4.78 is 26.7. The minimum atomic E-state index is -2.87. The maximum atomic E-state index is 13.3. The number of rotatable bonds is 4. The van der Waals surface area contributed by atoms with Crippen LogP contribution in [0.15, 0.2) is 71.6 Å². The number of hydrogen-bond acceptors (Lipinski definition) is 2. The van der Waals surface area contributed by atoms with Crippen LogP contribution in [0.4, 0.5) is 14.5 Å². The summed E-state index contributed by atoms with van der Waals surface area (Å²) in [5.41, 5.74) is 15.2. The van der Waals surface area contributed by atoms with Crippen LogP contribution >= 0.6 is 21.0 Å². The van der Waals surface area contributed by atoms with Gasteiger partial charge in [0.2, 0.25) is 0 Å². The Hall–Kier alpha value is -2.16. The summed E-state index contributed by atoms with van der Waals surface area (Å²) in [6, 6.07) is 22.2. The number of anilines is 1. The second-order valence-corrected chi connectivity index (χ2v) is 10.0. The zero-order valence-corrected chi connectivity index (χ0v) is 18.8. The number of fused-ring (bicyclic) bond motifs is 1. The molecule has 0 spiro atoms. The Morgan fingerprint density at radius 1 is 0.900 bits per heavy atom. The molecule has 0 saturated heterocycles. The fourth-order valence-electron chi connectivity index (χ4n) is 4.03. The molecule has 0 aromatic heterocycles. The third kappa shape index (κ3) is 4.77. The third-order valence-electron chi connectivity index (χ3n) is 5.37. The normalized spacial score (nSPS) is 14.4. The van der Waals surface area contributed by atoms with Crippen LogP contribution in [0.25, 0.3) is 11.1 Å². The first-order valence-electron chi connectivity index (χ1n) is 9.95. The van der Waals surface area contributed by atoms with E-state index in [9.17, 15) is 8.78 Å². The number of halogens is 2. The number of nitrogen functional groups attached to an aromatic ring is 1. The largest absolute Gasteiger partial charge is 0.399 e. The maximum Gasteiger partial charge on any atom is 0.308 e. The smallest absolute Gasteiger partial charge is 0.308 e. The minimum absolute atomic E-state index is 0.549. The lowest BCUT2D eigenvalue weighted by molar-refractivity contribution is 0.211. The highest BCUT2D eigenvalue weighted by molar-refractivity contribution is 8.03. The lowest BCUT2D eigenvalue weighted by atomic mass is 9.87. The van der Waals surface area contributed by atoms with E-state index in [1.165, 1.54) is 33.4 Å². The van der Waals surface area contributed by atoms with Crippen LogP contribution in [0, 0.1) is 6.92 Å². The third-order valence-corrected chi connectivity index (χ3v) is 6.50. The summed E-state index contributed by atoms with van der Waals surface area (Å²) in [6.45, 7) is 2.08. The van der Waals surface area contributed by atoms with Gasteiger partial charge in [-0.25, -0.2) is 0 Å². The van der Waals surface area contributed by atoms with E-state index in [0.717, 1.165) is 30.5 Å². The molecule has 0 saturated carbocycles. The monoisotopic (exact) mass is 439 g/mol. The van der Waals surface area contributed by atoms with Crippen LogP contribution in [0.3, 0.4) is 0 Å². The van der Waals surface area contributed by atoms with E-state index in [4.69, 9.17) is 5.73 Å². The molecule has 4 rings (SSSR count). The highest BCUT2D eigenvalue weighted by atomic mass is 32.2. The molecule has 3 aromatic rings. The first-order valence-corrected chi connectivity index (χ1v) is 11.3. The van der Waals surface area contributed by atoms with Crippen molar-refractivity contribution < 1.29 is 8.78 Å². The second-order valence-electron chi connectivity index (χ2n) is 7.68. The molecule has 2 N–H and O–H groups in total. The Balaban J connectivity index is 1.87. The van der Waals surface area contributed by atoms with Crippen LogP contribution in [0.5, 0.6) is 0 Å². The number of allylic oxidation sites excluding steroid dienone is 1. The first kappa shape index (κ1) is 21.1. The summed E-state index contributed by atoms with van der Waals surface area (Å²) >= 11 is 0.549. The molecule has 0 amide bonds. The Bertz CT molecular complexity index is 1080. The van der Waals surface area contributed by atoms with Crippen LogP contribution < -0.4 is 5.73 Å². The maximum absolute atomic E-state index is 13.3. The summed E-state index contributed by atoms with van der Waals surface area (Å²) in [4.78, 5) is -2.31. The number of benzene rings is 3. The van der Waals surface area contributed by atoms with Crippen molar-refractivity contribution in [2.24, 2.45) is 0 Å². The molecule has 0 aliphatic heterocycles. The average molecular weight is 440 g/mol. The van der Waals surface area contributed by atoms with Crippen LogP contribution in [0.1, 0.15) is 40.7 Å². The van der Waals surface area contributed by atoms with Gasteiger partial charge in [0, 0.05) is 10.6 Å². The Morgan fingerprint density at radius 2 is 1.57 bits per heavy atom. The van der Waals surface area contributed by atoms with Gasteiger partial charge in [0.05, 0.1) is 0 Å². The summed E-state index contributed by atoms with van der Waals surface area (Å²) in [5, 5.41) is 0. The van der Waals surface area contributed by atoms with Gasteiger partial charge in [0.25, 0.3) is 0 Å². The van der Waals surface area contributed by atoms with E-state index in [-0.39, 0.29) is 0 Å². The van der Waals surface area contributed by atoms with E-state index in [0.29, 0.717) is 16.7 Å². The lowest BCUT2D eigenvalue weighted by Crippen LogP contribution is -1.98. The highest BCUT2D eigenvalue weighted by Crippen LogP contribution is 2.43. The quantitative estimate of drug-likeness (QED) is 0.261. The zero-order valence-electron chi connectivity index (χ0n) is 16.8. The van der Waals surface area contributed by atoms with Gasteiger partial charge < -0.3 is 5.73 Å². The van der Waals surface area contributed by atoms with Crippen LogP contribution in [0.2, 0.25) is 0 Å². The molecule has 0 heterocycles. The molecule has 0 fully saturated rings. The Kier molecular flexibility index (Phi) is 5.99. The molecule has 0 bridgehead atoms. The Morgan fingerprint density at radius 3 is 2.23 bits per heavy atom. The molecule has 1 aliphatic carbocycles. The van der Waals surface area contributed by atoms with Gasteiger partial charge in [-0.3, -0.25) is 0 Å². The van der Waals surface area contributed by atoms with Crippen molar-refractivity contribution in [1.29, 1.82) is 0 Å². The molecule has 1 unspecified atom stereocenters. The van der Waals surface area contributed by atoms with Gasteiger partial charge in [0.15, 0.2) is 0 Å². The van der Waals surface area contributed by atoms with Crippen molar-refractivity contribution in [2.45, 2.75) is 36.1 Å². The molecular formula is C25H24F2NPS. The van der Waals surface area contributed by atoms with Gasteiger partial charge in [-0.15, -0.1) is 0 Å². The molecule has 154 valence electrons. The topological polar surface area (TPSA) is 26.0 Å². The predicted molar refractivity (Wildman–Crippen MR) is 128 cm³/mol. The van der Waals surface area contributed by atoms with E-state index < -0.39 is 5.00 Å². The standard InChI is InChI=1S/C25H24F2NPS/c1-16-5-7-18(8-6-16)24-22(4-2-3-19-15-20(28)11-14-23(19)24)17-9-12-21(13-10-17)30-25(26,27)29/h5-15H,2-4,28-29H2,1H3. The van der Waals surface area contributed by atoms with Gasteiger partial charge in [-0.2, -0.15) is 8.78 Å². The number of hydrogen-bond donors (Lipinski definition) is 1. The first-order chi connectivity index (χ1) is 14.3. The van der Waals surface area contributed by atoms with Gasteiger partial charge >= 0.3 is 5.00 Å². The summed E-state index contributed by atoms with van der Waals surface area (Å²) in [6.07, 6.45) is 2.90. The van der Waals surface area contributed by atoms with Crippen molar-refractivity contribution >= 4 is 37.8 Å². The molecule has 3 aromatic carbocycles. The lowest BCUT2D eigenvalue weighted by Gasteiger charge is -2.17. The van der Waals surface area contributed by atoms with Crippen molar-refractivity contribution in [3.8, 4) is 0 Å². The molecule has 1 aliphatic rings. The molecule has 1 nitrogen and oxygen atoms in total. The molecule has 1 atom stereocenters. The number of aryl methyl sites for hydroxylation is 2. The number of alkyl halides is 2. The van der Waals surface area contributed by atoms with Crippen molar-refractivity contribution in [3.63, 3.8) is 0 Å². The fourth-order valence-corrected chi connectivity index (χ4v) is 5.02. The van der Waals surface area contributed by atoms with Gasteiger partial charge in [-0.05, 0) is 105 Å². The van der Waals surface area contributed by atoms with Crippen LogP contribution in [-0.4, -0.2) is 5.00 Å². The van der Waals surface area contributed by atoms with Crippen molar-refractivity contribution in [1.82, 2.24) is 0 Å². The zero-order chi connectivity index (χ0) is 21.3. The highest BCUT2D eigenvalue weighted by Gasteiger charge is 2.24. The Labute approximate surface area is 183 Å². The van der Waals surface area contributed by atoms with Gasteiger partial charge in [0.1, 0.15) is 0 Å². The van der Waals surface area contributed by atoms with E-state index in [1.807, 2.05) is 18.2 Å². The molecular weight excluding hydrogens is 415 g/mol. The summed E-state index contributed by atoms with van der Waals surface area (Å²) in [5.74, 6) is 0. The number of thioether (sulfide) groups is 1. The van der Waals surface area contributed by atoms with E-state index in [2.05, 4.69) is 43.3 Å².